The summed E-state index contributed by atoms with van der Waals surface area (Å²) in [7, 11) is 0. The highest BCUT2D eigenvalue weighted by molar-refractivity contribution is 8.44. The van der Waals surface area contributed by atoms with E-state index in [1.54, 1.807) is 58.1 Å². The number of carbonyl (C=O) groups is 6. The summed E-state index contributed by atoms with van der Waals surface area (Å²) < 4.78 is 72.4. The van der Waals surface area contributed by atoms with Gasteiger partial charge in [0.25, 0.3) is 0 Å². The summed E-state index contributed by atoms with van der Waals surface area (Å²) in [5, 5.41) is 42.9. The first kappa shape index (κ1) is 69.3. The Morgan fingerprint density at radius 2 is 1.43 bits per heavy atom. The maximum absolute atomic E-state index is 14.2. The number of aromatic nitrogens is 7. The molecule has 0 spiro atoms. The summed E-state index contributed by atoms with van der Waals surface area (Å²) in [5.74, 6) is 3.15. The minimum Gasteiger partial charge on any atom is -0.387 e. The van der Waals surface area contributed by atoms with Crippen LogP contribution in [0.25, 0.3) is 22.2 Å². The largest absolute Gasteiger partial charge is 0.387 e. The summed E-state index contributed by atoms with van der Waals surface area (Å²) in [5.41, 5.74) is 11.5. The Morgan fingerprint density at radius 1 is 0.735 bits per heavy atom. The van der Waals surface area contributed by atoms with Gasteiger partial charge in [-0.15, -0.1) is 0 Å². The smallest absolute Gasteiger partial charge is 0.386 e. The highest BCUT2D eigenvalue weighted by Gasteiger charge is 2.53. The molecule has 516 valence electrons. The summed E-state index contributed by atoms with van der Waals surface area (Å²) in [4.78, 5) is 102. The number of hydrogen-bond donors (Lipinski definition) is 12. The van der Waals surface area contributed by atoms with Gasteiger partial charge in [0.05, 0.1) is 63.4 Å². The number of aliphatic hydroxyl groups excluding tert-OH is 2. The summed E-state index contributed by atoms with van der Waals surface area (Å²) >= 11 is 8.46. The first-order chi connectivity index (χ1) is 47.2. The highest BCUT2D eigenvalue weighted by Crippen LogP contribution is 2.60. The fourth-order valence-electron chi connectivity index (χ4n) is 11.6. The number of nitrogen functional groups attached to an aromatic ring is 1. The number of nitrogens with one attached hydrogen (secondary N) is 7. The minimum atomic E-state index is -4.51. The van der Waals surface area contributed by atoms with Gasteiger partial charge in [0, 0.05) is 49.7 Å². The van der Waals surface area contributed by atoms with Gasteiger partial charge in [0.1, 0.15) is 72.7 Å². The Balaban J connectivity index is 0.591. The van der Waals surface area contributed by atoms with Crippen LogP contribution in [-0.4, -0.2) is 182 Å². The normalized spacial score (nSPS) is 24.5. The number of para-hydroxylation sites is 1. The Bertz CT molecular complexity index is 4340. The lowest BCUT2D eigenvalue weighted by molar-refractivity contribution is -0.131. The number of imidazole rings is 1. The maximum atomic E-state index is 14.2. The number of fused-ring (bicyclic) bond motifs is 6. The Hall–Kier alpha value is -8.59. The standard InChI is InChI=1S/C61H68N16O17P2S2/c62-54-49-57(77(32-70-49)60-53-50(83)41(91-60)29-89-95(86,97)93-52-42(30-90-96(87,98)94-53)92-59(51(52)84)76-28-38-14-8-20-63-55-48(38)56(76)69-31-68-55)74-61(73-54)64-21-22-88-33-71-45(80)25-67-58(85)39(23-34-9-2-1-3-10-34)72-46(81)26-66-44(79)24-65-43(78)18-19-47(82)75-27-37-13-5-4-11-35(37)16-17-36-12-6-7-15-40(36)75/h1-7,9-13,15,28,31-32,39,41-42,50-53,59-60,83-84H,8,14,18-27,29-30,33H2,(H,65,78)(H,66,79)(H,67,85)(H,71,80)(H,72,81)(H,86,97)(H,87,98)(H,63,68,69)(H3,62,64,73,74)/t39-,41+,42+,50+,51+,52+,53+,59+,60+,95?,96?/m0/s1. The van der Waals surface area contributed by atoms with E-state index in [0.29, 0.717) is 41.2 Å². The molecule has 3 fully saturated rings. The van der Waals surface area contributed by atoms with E-state index < -0.39 is 131 Å². The molecule has 6 amide bonds. The fraction of sp³-hybridized carbons (Fsp3) is 0.393. The molecule has 3 aromatic carbocycles. The van der Waals surface area contributed by atoms with E-state index in [-0.39, 0.29) is 74.5 Å². The molecule has 11 N–H and O–H groups in total. The third-order valence-electron chi connectivity index (χ3n) is 16.4. The van der Waals surface area contributed by atoms with Crippen LogP contribution in [-0.2, 0) is 89.6 Å². The van der Waals surface area contributed by atoms with Crippen LogP contribution in [0.5, 0.6) is 0 Å². The zero-order valence-corrected chi connectivity index (χ0v) is 55.6. The van der Waals surface area contributed by atoms with Crippen LogP contribution >= 0.6 is 38.1 Å². The second kappa shape index (κ2) is 30.7. The Morgan fingerprint density at radius 3 is 2.24 bits per heavy atom. The van der Waals surface area contributed by atoms with Gasteiger partial charge in [0.2, 0.25) is 41.4 Å². The predicted octanol–water partition coefficient (Wildman–Crippen LogP) is 1.93. The second-order valence-electron chi connectivity index (χ2n) is 23.1. The number of aryl methyl sites for hydroxylation is 1. The van der Waals surface area contributed by atoms with Crippen molar-refractivity contribution in [3.8, 4) is 11.8 Å². The first-order valence-corrected chi connectivity index (χ1v) is 36.4. The van der Waals surface area contributed by atoms with Crippen LogP contribution in [0.4, 0.5) is 23.3 Å². The predicted molar refractivity (Wildman–Crippen MR) is 357 cm³/mol. The molecule has 5 aliphatic rings. The van der Waals surface area contributed by atoms with E-state index in [1.165, 1.54) is 17.2 Å². The molecule has 2 bridgehead atoms. The molecule has 37 heteroatoms. The number of anilines is 4. The van der Waals surface area contributed by atoms with E-state index in [9.17, 15) is 48.1 Å². The lowest BCUT2D eigenvalue weighted by atomic mass is 10.0. The first-order valence-electron chi connectivity index (χ1n) is 31.0. The number of ether oxygens (including phenoxy) is 3. The van der Waals surface area contributed by atoms with Crippen LogP contribution < -0.4 is 47.9 Å². The zero-order valence-electron chi connectivity index (χ0n) is 52.0. The number of benzene rings is 3. The topological polar surface area (TPSA) is 429 Å². The zero-order chi connectivity index (χ0) is 68.7. The van der Waals surface area contributed by atoms with Crippen LogP contribution in [0.1, 0.15) is 59.5 Å². The van der Waals surface area contributed by atoms with Gasteiger partial charge in [-0.25, -0.2) is 24.1 Å². The van der Waals surface area contributed by atoms with Crippen molar-refractivity contribution in [2.24, 2.45) is 0 Å². The molecule has 2 unspecified atom stereocenters. The number of thiol groups is 2. The maximum Gasteiger partial charge on any atom is 0.386 e. The Kier molecular flexibility index (Phi) is 21.7. The Labute approximate surface area is 569 Å². The number of amides is 6. The van der Waals surface area contributed by atoms with Crippen molar-refractivity contribution >= 4 is 119 Å². The van der Waals surface area contributed by atoms with E-state index in [0.717, 1.165) is 28.5 Å². The number of rotatable bonds is 21. The third-order valence-corrected chi connectivity index (χ3v) is 19.7. The molecular weight excluding hydrogens is 1350 g/mol. The summed E-state index contributed by atoms with van der Waals surface area (Å²) in [6.45, 7) is -11.0. The van der Waals surface area contributed by atoms with Crippen LogP contribution in [0, 0.1) is 11.8 Å². The van der Waals surface area contributed by atoms with Gasteiger partial charge < -0.3 is 76.8 Å². The van der Waals surface area contributed by atoms with E-state index in [1.807, 2.05) is 36.4 Å². The molecular formula is C61H68N16O17P2S2. The van der Waals surface area contributed by atoms with Crippen molar-refractivity contribution in [2.75, 3.05) is 80.5 Å². The van der Waals surface area contributed by atoms with E-state index in [4.69, 9.17) is 38.0 Å². The molecule has 0 aliphatic carbocycles. The number of nitrogens with two attached hydrogens (primary N) is 1. The number of nitrogens with zero attached hydrogens (tertiary/aromatic N) is 8. The molecule has 4 aromatic heterocycles. The molecule has 12 rings (SSSR count). The van der Waals surface area contributed by atoms with E-state index >= 15 is 0 Å². The van der Waals surface area contributed by atoms with Gasteiger partial charge in [-0.3, -0.25) is 51.4 Å². The number of aliphatic hydroxyl groups is 2. The average Bonchev–Trinajstić information content (AvgIpc) is 1.59. The molecule has 3 saturated heterocycles. The SMILES string of the molecule is Nc1nc(NCCOCNC(=O)CNC(=O)[C@H](Cc2ccccc2)NC(=O)CNC(=O)CNC(=O)CCC(=O)N2Cc3ccccc3C#Cc3ccccc32)nc2c1ncn2[C@@H]1O[C@@H]2COP(=O)(S)O[C@H]3[C@@H](O)[C@H](n4cc5c6c(ncnc64)NCCC5)O[C@@H]3COP(=O)(S)O[C@@H]1[C@@H]2O. The van der Waals surface area contributed by atoms with Crippen molar-refractivity contribution < 1.29 is 80.4 Å². The van der Waals surface area contributed by atoms with Crippen LogP contribution in [0.15, 0.2) is 97.7 Å². The summed E-state index contributed by atoms with van der Waals surface area (Å²) in [6, 6.07) is 22.3. The van der Waals surface area contributed by atoms with Gasteiger partial charge in [-0.05, 0) is 47.7 Å². The van der Waals surface area contributed by atoms with Crippen molar-refractivity contribution in [1.82, 2.24) is 60.6 Å². The van der Waals surface area contributed by atoms with Gasteiger partial charge in [0.15, 0.2) is 23.9 Å². The second-order valence-corrected chi connectivity index (χ2v) is 28.9. The molecule has 5 aliphatic heterocycles. The summed E-state index contributed by atoms with van der Waals surface area (Å²) in [6.07, 6.45) is -5.78. The van der Waals surface area contributed by atoms with Crippen molar-refractivity contribution in [1.29, 1.82) is 0 Å². The molecule has 0 radical (unpaired) electrons. The number of carbonyl (C=O) groups excluding carboxylic acids is 6. The third kappa shape index (κ3) is 16.4. The van der Waals surface area contributed by atoms with Crippen molar-refractivity contribution in [3.63, 3.8) is 0 Å². The monoisotopic (exact) mass is 1420 g/mol. The van der Waals surface area contributed by atoms with E-state index in [2.05, 4.69) is 98.5 Å². The molecule has 33 nitrogen and oxygen atoms in total. The van der Waals surface area contributed by atoms with Gasteiger partial charge in [-0.2, -0.15) is 9.97 Å². The van der Waals surface area contributed by atoms with Crippen LogP contribution in [0.2, 0.25) is 0 Å². The van der Waals surface area contributed by atoms with Crippen molar-refractivity contribution in [2.45, 2.75) is 93.8 Å². The fourth-order valence-corrected chi connectivity index (χ4v) is 14.6. The van der Waals surface area contributed by atoms with Crippen LogP contribution in [0.3, 0.4) is 0 Å². The molecule has 11 atom stereocenters. The van der Waals surface area contributed by atoms with Crippen molar-refractivity contribution in [3.05, 3.63) is 126 Å². The quantitative estimate of drug-likeness (QED) is 0.0161. The molecule has 9 heterocycles. The highest BCUT2D eigenvalue weighted by atomic mass is 32.7. The number of hydrogen-bond acceptors (Lipinski definition) is 25. The molecule has 7 aromatic rings. The lowest BCUT2D eigenvalue weighted by Gasteiger charge is -2.26. The molecule has 98 heavy (non-hydrogen) atoms. The molecule has 0 saturated carbocycles. The minimum absolute atomic E-state index is 0.0235. The lowest BCUT2D eigenvalue weighted by Crippen LogP contribution is -2.52. The van der Waals surface area contributed by atoms with Gasteiger partial charge in [-0.1, -0.05) is 97.0 Å². The van der Waals surface area contributed by atoms with Gasteiger partial charge >= 0.3 is 13.6 Å². The average molecular weight is 1420 g/mol.